The van der Waals surface area contributed by atoms with E-state index < -0.39 is 10.9 Å². The first kappa shape index (κ1) is 18.6. The second kappa shape index (κ2) is 8.96. The number of carbonyl (C=O) groups excluding carboxylic acids is 2. The van der Waals surface area contributed by atoms with Gasteiger partial charge in [0.2, 0.25) is 0 Å². The number of nitrogens with one attached hydrogen (secondary N) is 1. The minimum atomic E-state index is -0.668. The van der Waals surface area contributed by atoms with Gasteiger partial charge in [-0.1, -0.05) is 31.9 Å². The zero-order valence-corrected chi connectivity index (χ0v) is 14.1. The summed E-state index contributed by atoms with van der Waals surface area (Å²) in [5.74, 6) is -0.545. The molecule has 1 fully saturated rings. The molecule has 0 unspecified atom stereocenters. The third-order valence-electron chi connectivity index (χ3n) is 4.30. The highest BCUT2D eigenvalue weighted by molar-refractivity contribution is 5.89. The smallest absolute Gasteiger partial charge is 0.331 e. The molecular weight excluding hydrogens is 324 g/mol. The van der Waals surface area contributed by atoms with Crippen LogP contribution in [0.4, 0.5) is 5.69 Å². The fourth-order valence-electron chi connectivity index (χ4n) is 2.87. The van der Waals surface area contributed by atoms with Crippen LogP contribution in [-0.2, 0) is 14.3 Å². The minimum absolute atomic E-state index is 0.0588. The first-order valence-electron chi connectivity index (χ1n) is 8.34. The zero-order chi connectivity index (χ0) is 18.2. The number of hydrogen-bond donors (Lipinski definition) is 1. The summed E-state index contributed by atoms with van der Waals surface area (Å²) in [6.45, 7) is 1.78. The summed E-state index contributed by atoms with van der Waals surface area (Å²) in [5, 5.41) is 13.6. The molecule has 0 radical (unpaired) electrons. The van der Waals surface area contributed by atoms with Crippen molar-refractivity contribution >= 4 is 23.6 Å². The molecule has 2 rings (SSSR count). The van der Waals surface area contributed by atoms with E-state index in [1.807, 2.05) is 0 Å². The lowest BCUT2D eigenvalue weighted by Gasteiger charge is -2.29. The second-order valence-corrected chi connectivity index (χ2v) is 6.23. The number of amides is 1. The lowest BCUT2D eigenvalue weighted by atomic mass is 9.86. The number of nitro groups is 1. The maximum Gasteiger partial charge on any atom is 0.331 e. The van der Waals surface area contributed by atoms with Gasteiger partial charge in [-0.05, 0) is 30.4 Å². The molecule has 2 atom stereocenters. The van der Waals surface area contributed by atoms with E-state index in [9.17, 15) is 19.7 Å². The molecule has 1 amide bonds. The molecule has 25 heavy (non-hydrogen) atoms. The van der Waals surface area contributed by atoms with Crippen molar-refractivity contribution in [3.8, 4) is 0 Å². The number of nitrogens with zero attached hydrogens (tertiary/aromatic N) is 1. The lowest BCUT2D eigenvalue weighted by molar-refractivity contribution is -0.384. The van der Waals surface area contributed by atoms with E-state index in [0.717, 1.165) is 25.3 Å². The Bertz CT molecular complexity index is 671. The molecule has 0 saturated heterocycles. The van der Waals surface area contributed by atoms with Crippen molar-refractivity contribution in [3.05, 3.63) is 46.0 Å². The van der Waals surface area contributed by atoms with E-state index in [2.05, 4.69) is 12.2 Å². The van der Waals surface area contributed by atoms with E-state index in [0.29, 0.717) is 11.5 Å². The lowest BCUT2D eigenvalue weighted by Crippen LogP contribution is -2.42. The molecule has 7 heteroatoms. The van der Waals surface area contributed by atoms with E-state index in [4.69, 9.17) is 4.74 Å². The van der Waals surface area contributed by atoms with E-state index in [-0.39, 0.29) is 24.2 Å². The molecule has 0 aliphatic heterocycles. The van der Waals surface area contributed by atoms with Crippen LogP contribution in [0.1, 0.15) is 38.2 Å². The average Bonchev–Trinajstić information content (AvgIpc) is 2.60. The van der Waals surface area contributed by atoms with Crippen LogP contribution in [0.2, 0.25) is 0 Å². The maximum absolute atomic E-state index is 11.9. The van der Waals surface area contributed by atoms with Gasteiger partial charge >= 0.3 is 5.97 Å². The number of nitro benzene ring substituents is 1. The number of carbonyl (C=O) groups is 2. The van der Waals surface area contributed by atoms with Crippen LogP contribution in [-0.4, -0.2) is 29.4 Å². The van der Waals surface area contributed by atoms with Gasteiger partial charge in [-0.3, -0.25) is 14.9 Å². The predicted molar refractivity (Wildman–Crippen MR) is 92.7 cm³/mol. The Labute approximate surface area is 146 Å². The van der Waals surface area contributed by atoms with Crippen LogP contribution < -0.4 is 5.32 Å². The highest BCUT2D eigenvalue weighted by Gasteiger charge is 2.22. The van der Waals surface area contributed by atoms with Crippen LogP contribution in [0.3, 0.4) is 0 Å². The molecule has 1 aromatic carbocycles. The predicted octanol–water partition coefficient (Wildman–Crippen LogP) is 2.85. The van der Waals surface area contributed by atoms with Gasteiger partial charge < -0.3 is 10.1 Å². The molecule has 0 spiro atoms. The standard InChI is InChI=1S/C18H22N2O5/c1-13-5-2-3-8-16(13)19-17(21)12-25-18(22)10-9-14-6-4-7-15(11-14)20(23)24/h4,6-7,9-11,13,16H,2-3,5,8,12H2,1H3,(H,19,21)/b10-9+/t13-,16-/m0/s1. The molecular formula is C18H22N2O5. The Morgan fingerprint density at radius 3 is 2.84 bits per heavy atom. The summed E-state index contributed by atoms with van der Waals surface area (Å²) in [7, 11) is 0. The van der Waals surface area contributed by atoms with Gasteiger partial charge in [0.05, 0.1) is 4.92 Å². The second-order valence-electron chi connectivity index (χ2n) is 6.23. The summed E-state index contributed by atoms with van der Waals surface area (Å²) in [6, 6.07) is 6.02. The molecule has 0 heterocycles. The Balaban J connectivity index is 1.79. The highest BCUT2D eigenvalue weighted by atomic mass is 16.6. The molecule has 0 bridgehead atoms. The Hall–Kier alpha value is -2.70. The van der Waals surface area contributed by atoms with Crippen molar-refractivity contribution in [2.45, 2.75) is 38.6 Å². The van der Waals surface area contributed by atoms with Crippen molar-refractivity contribution in [3.63, 3.8) is 0 Å². The van der Waals surface area contributed by atoms with Gasteiger partial charge in [-0.2, -0.15) is 0 Å². The van der Waals surface area contributed by atoms with Crippen LogP contribution in [0.5, 0.6) is 0 Å². The van der Waals surface area contributed by atoms with Crippen LogP contribution in [0.15, 0.2) is 30.3 Å². The summed E-state index contributed by atoms with van der Waals surface area (Å²) < 4.78 is 4.91. The van der Waals surface area contributed by atoms with Crippen molar-refractivity contribution in [2.24, 2.45) is 5.92 Å². The van der Waals surface area contributed by atoms with Crippen molar-refractivity contribution in [1.82, 2.24) is 5.32 Å². The molecule has 134 valence electrons. The zero-order valence-electron chi connectivity index (χ0n) is 14.1. The molecule has 0 aromatic heterocycles. The quantitative estimate of drug-likeness (QED) is 0.370. The number of benzene rings is 1. The van der Waals surface area contributed by atoms with Crippen molar-refractivity contribution in [1.29, 1.82) is 0 Å². The van der Waals surface area contributed by atoms with Crippen LogP contribution >= 0.6 is 0 Å². The molecule has 1 aliphatic carbocycles. The van der Waals surface area contributed by atoms with Gasteiger partial charge in [-0.15, -0.1) is 0 Å². The van der Waals surface area contributed by atoms with Gasteiger partial charge in [0.15, 0.2) is 6.61 Å². The van der Waals surface area contributed by atoms with Crippen molar-refractivity contribution < 1.29 is 19.2 Å². The molecule has 1 aliphatic rings. The number of hydrogen-bond acceptors (Lipinski definition) is 5. The van der Waals surface area contributed by atoms with E-state index >= 15 is 0 Å². The van der Waals surface area contributed by atoms with Crippen molar-refractivity contribution in [2.75, 3.05) is 6.61 Å². The average molecular weight is 346 g/mol. The topological polar surface area (TPSA) is 98.5 Å². The van der Waals surface area contributed by atoms with Gasteiger partial charge in [-0.25, -0.2) is 4.79 Å². The number of non-ortho nitro benzene ring substituents is 1. The first-order chi connectivity index (χ1) is 12.0. The summed E-state index contributed by atoms with van der Waals surface area (Å²) in [5.41, 5.74) is 0.447. The molecule has 1 saturated carbocycles. The SMILES string of the molecule is C[C@H]1CCCC[C@@H]1NC(=O)COC(=O)/C=C/c1cccc([N+](=O)[O-])c1. The largest absolute Gasteiger partial charge is 0.452 e. The Kier molecular flexibility index (Phi) is 6.68. The first-order valence-corrected chi connectivity index (χ1v) is 8.34. The van der Waals surface area contributed by atoms with Gasteiger partial charge in [0.25, 0.3) is 11.6 Å². The minimum Gasteiger partial charge on any atom is -0.452 e. The monoisotopic (exact) mass is 346 g/mol. The van der Waals surface area contributed by atoms with Gasteiger partial charge in [0.1, 0.15) is 0 Å². The number of ether oxygens (including phenoxy) is 1. The van der Waals surface area contributed by atoms with Crippen LogP contribution in [0.25, 0.3) is 6.08 Å². The summed E-state index contributed by atoms with van der Waals surface area (Å²) in [4.78, 5) is 33.7. The van der Waals surface area contributed by atoms with Gasteiger partial charge in [0, 0.05) is 24.3 Å². The van der Waals surface area contributed by atoms with Crippen LogP contribution in [0, 0.1) is 16.0 Å². The number of rotatable bonds is 6. The van der Waals surface area contributed by atoms with E-state index in [1.165, 1.54) is 30.7 Å². The highest BCUT2D eigenvalue weighted by Crippen LogP contribution is 2.23. The molecule has 7 nitrogen and oxygen atoms in total. The maximum atomic E-state index is 11.9. The fraction of sp³-hybridized carbons (Fsp3) is 0.444. The molecule has 1 aromatic rings. The normalized spacial score (nSPS) is 20.2. The van der Waals surface area contributed by atoms with E-state index in [1.54, 1.807) is 6.07 Å². The Morgan fingerprint density at radius 1 is 1.36 bits per heavy atom. The third kappa shape index (κ3) is 6.02. The Morgan fingerprint density at radius 2 is 2.12 bits per heavy atom. The summed E-state index contributed by atoms with van der Waals surface area (Å²) in [6.07, 6.45) is 6.89. The fourth-order valence-corrected chi connectivity index (χ4v) is 2.87. The molecule has 1 N–H and O–H groups in total. The third-order valence-corrected chi connectivity index (χ3v) is 4.30. The summed E-state index contributed by atoms with van der Waals surface area (Å²) >= 11 is 0. The number of esters is 1.